The summed E-state index contributed by atoms with van der Waals surface area (Å²) in [6.07, 6.45) is 2.53. The van der Waals surface area contributed by atoms with Crippen molar-refractivity contribution in [3.63, 3.8) is 0 Å². The van der Waals surface area contributed by atoms with Gasteiger partial charge < -0.3 is 19.7 Å². The van der Waals surface area contributed by atoms with E-state index in [1.807, 2.05) is 17.0 Å². The highest BCUT2D eigenvalue weighted by Gasteiger charge is 2.27. The zero-order valence-corrected chi connectivity index (χ0v) is 26.7. The molecule has 1 aromatic heterocycles. The van der Waals surface area contributed by atoms with Gasteiger partial charge in [-0.1, -0.05) is 41.9 Å². The number of hydrogen-bond donors (Lipinski definition) is 2. The number of aryl methyl sites for hydroxylation is 1. The molecule has 4 aromatic rings. The summed E-state index contributed by atoms with van der Waals surface area (Å²) in [5.74, 6) is -2.15. The Kier molecular flexibility index (Phi) is 9.45. The number of carbonyl (C=O) groups is 2. The van der Waals surface area contributed by atoms with Crippen LogP contribution in [0.2, 0.25) is 5.02 Å². The highest BCUT2D eigenvalue weighted by atomic mass is 35.5. The number of methoxy groups -OCH3 is 1. The number of nitrogens with one attached hydrogen (secondary N) is 1. The maximum Gasteiger partial charge on any atom is 0.330 e. The largest absolute Gasteiger partial charge is 0.496 e. The lowest BCUT2D eigenvalue weighted by Gasteiger charge is -2.31. The SMILES string of the molecule is COc1cc(-c2cccc(-c3cccc(NC(=O)c4cn(C)c(=O)n(C)c4=O)c3C)c2Cl)cc(F)c1CN1CCC[C@@H](C(=O)O)C1. The van der Waals surface area contributed by atoms with Gasteiger partial charge in [-0.2, -0.15) is 0 Å². The Bertz CT molecular complexity index is 1970. The number of carbonyl (C=O) groups excluding carboxylic acids is 1. The number of carboxylic acids is 1. The van der Waals surface area contributed by atoms with Crippen molar-refractivity contribution in [3.05, 3.63) is 103 Å². The predicted octanol–water partition coefficient (Wildman–Crippen LogP) is 5.08. The Morgan fingerprint density at radius 3 is 2.50 bits per heavy atom. The zero-order valence-electron chi connectivity index (χ0n) is 25.9. The number of rotatable bonds is 8. The average molecular weight is 649 g/mol. The van der Waals surface area contributed by atoms with Crippen LogP contribution in [-0.2, 0) is 25.4 Å². The molecule has 46 heavy (non-hydrogen) atoms. The first-order valence-electron chi connectivity index (χ1n) is 14.7. The van der Waals surface area contributed by atoms with Crippen LogP contribution in [-0.4, -0.2) is 51.2 Å². The minimum absolute atomic E-state index is 0.184. The summed E-state index contributed by atoms with van der Waals surface area (Å²) in [7, 11) is 4.23. The smallest absolute Gasteiger partial charge is 0.330 e. The van der Waals surface area contributed by atoms with Crippen molar-refractivity contribution >= 4 is 29.2 Å². The van der Waals surface area contributed by atoms with E-state index in [0.29, 0.717) is 69.4 Å². The minimum atomic E-state index is -0.847. The minimum Gasteiger partial charge on any atom is -0.496 e. The van der Waals surface area contributed by atoms with E-state index in [9.17, 15) is 24.3 Å². The van der Waals surface area contributed by atoms with Gasteiger partial charge in [0.25, 0.3) is 11.5 Å². The van der Waals surface area contributed by atoms with E-state index >= 15 is 4.39 Å². The van der Waals surface area contributed by atoms with Crippen molar-refractivity contribution in [1.82, 2.24) is 14.0 Å². The molecular weight excluding hydrogens is 615 g/mol. The molecular formula is C34H34ClFN4O6. The summed E-state index contributed by atoms with van der Waals surface area (Å²) in [5.41, 5.74) is 2.44. The molecule has 0 spiro atoms. The second kappa shape index (κ2) is 13.3. The Morgan fingerprint density at radius 1 is 1.09 bits per heavy atom. The molecule has 1 aliphatic heterocycles. The van der Waals surface area contributed by atoms with Crippen molar-refractivity contribution in [3.8, 4) is 28.0 Å². The quantitative estimate of drug-likeness (QED) is 0.273. The number of nitrogens with zero attached hydrogens (tertiary/aromatic N) is 3. The van der Waals surface area contributed by atoms with E-state index < -0.39 is 34.9 Å². The molecule has 12 heteroatoms. The van der Waals surface area contributed by atoms with Crippen LogP contribution in [0.4, 0.5) is 10.1 Å². The van der Waals surface area contributed by atoms with Gasteiger partial charge >= 0.3 is 11.7 Å². The summed E-state index contributed by atoms with van der Waals surface area (Å²) >= 11 is 6.97. The molecule has 0 radical (unpaired) electrons. The lowest BCUT2D eigenvalue weighted by molar-refractivity contribution is -0.143. The number of halogens is 2. The molecule has 2 heterocycles. The van der Waals surface area contributed by atoms with Gasteiger partial charge in [0.1, 0.15) is 17.1 Å². The van der Waals surface area contributed by atoms with Crippen LogP contribution in [0.5, 0.6) is 5.75 Å². The first-order chi connectivity index (χ1) is 21.9. The van der Waals surface area contributed by atoms with Gasteiger partial charge in [-0.3, -0.25) is 23.9 Å². The van der Waals surface area contributed by atoms with Gasteiger partial charge in [0.2, 0.25) is 0 Å². The summed E-state index contributed by atoms with van der Waals surface area (Å²) in [6.45, 7) is 3.03. The predicted molar refractivity (Wildman–Crippen MR) is 174 cm³/mol. The fourth-order valence-corrected chi connectivity index (χ4v) is 6.24. The Hall–Kier alpha value is -4.74. The lowest BCUT2D eigenvalue weighted by Crippen LogP contribution is -2.40. The van der Waals surface area contributed by atoms with Crippen molar-refractivity contribution in [2.24, 2.45) is 20.0 Å². The highest BCUT2D eigenvalue weighted by Crippen LogP contribution is 2.41. The second-order valence-electron chi connectivity index (χ2n) is 11.5. The number of carboxylic acid groups (broad SMARTS) is 1. The van der Waals surface area contributed by atoms with Gasteiger partial charge in [0, 0.05) is 55.8 Å². The van der Waals surface area contributed by atoms with E-state index in [-0.39, 0.29) is 12.1 Å². The number of hydrogen-bond acceptors (Lipinski definition) is 6. The monoisotopic (exact) mass is 648 g/mol. The molecule has 1 atom stereocenters. The number of amides is 1. The first kappa shape index (κ1) is 32.6. The Labute approximate surface area is 269 Å². The number of aliphatic carboxylic acids is 1. The molecule has 1 aliphatic rings. The van der Waals surface area contributed by atoms with Crippen LogP contribution in [0.3, 0.4) is 0 Å². The number of likely N-dealkylation sites (tertiary alicyclic amines) is 1. The van der Waals surface area contributed by atoms with E-state index in [1.54, 1.807) is 37.3 Å². The van der Waals surface area contributed by atoms with E-state index in [0.717, 1.165) is 15.6 Å². The van der Waals surface area contributed by atoms with Gasteiger partial charge in [-0.15, -0.1) is 0 Å². The molecule has 0 bridgehead atoms. The number of benzene rings is 3. The van der Waals surface area contributed by atoms with Crippen molar-refractivity contribution < 1.29 is 23.8 Å². The molecule has 1 fully saturated rings. The van der Waals surface area contributed by atoms with Gasteiger partial charge in [0.15, 0.2) is 0 Å². The molecule has 240 valence electrons. The fraction of sp³-hybridized carbons (Fsp3) is 0.294. The van der Waals surface area contributed by atoms with Crippen molar-refractivity contribution in [1.29, 1.82) is 0 Å². The maximum absolute atomic E-state index is 15.7. The van der Waals surface area contributed by atoms with Crippen LogP contribution in [0.15, 0.2) is 64.3 Å². The van der Waals surface area contributed by atoms with Gasteiger partial charge in [0.05, 0.1) is 18.1 Å². The number of aromatic nitrogens is 2. The van der Waals surface area contributed by atoms with E-state index in [4.69, 9.17) is 16.3 Å². The standard InChI is InChI=1S/C34H34ClFN4O6/c1-19-22(9-6-12-28(19)37-31(41)26-17-38(2)34(45)39(3)32(26)42)24-11-5-10-23(30(24)35)21-14-27(36)25(29(15-21)46-4)18-40-13-7-8-20(16-40)33(43)44/h5-6,9-12,14-15,17,20H,7-8,13,16,18H2,1-4H3,(H,37,41)(H,43,44)/t20-/m1/s1. The van der Waals surface area contributed by atoms with Crippen LogP contribution < -0.4 is 21.3 Å². The average Bonchev–Trinajstić information content (AvgIpc) is 3.04. The summed E-state index contributed by atoms with van der Waals surface area (Å²) < 4.78 is 23.3. The van der Waals surface area contributed by atoms with Crippen LogP contribution >= 0.6 is 11.6 Å². The topological polar surface area (TPSA) is 123 Å². The third-order valence-corrected chi connectivity index (χ3v) is 8.89. The second-order valence-corrected chi connectivity index (χ2v) is 11.8. The third-order valence-electron chi connectivity index (χ3n) is 8.48. The molecule has 0 aliphatic carbocycles. The van der Waals surface area contributed by atoms with Crippen LogP contribution in [0.1, 0.15) is 34.3 Å². The number of ether oxygens (including phenoxy) is 1. The molecule has 5 rings (SSSR count). The molecule has 0 unspecified atom stereocenters. The summed E-state index contributed by atoms with van der Waals surface area (Å²) in [6, 6.07) is 13.8. The van der Waals surface area contributed by atoms with E-state index in [2.05, 4.69) is 5.32 Å². The summed E-state index contributed by atoms with van der Waals surface area (Å²) in [4.78, 5) is 51.2. The molecule has 2 N–H and O–H groups in total. The zero-order chi connectivity index (χ0) is 33.3. The third kappa shape index (κ3) is 6.33. The Morgan fingerprint density at radius 2 is 1.78 bits per heavy atom. The van der Waals surface area contributed by atoms with Crippen LogP contribution in [0.25, 0.3) is 22.3 Å². The summed E-state index contributed by atoms with van der Waals surface area (Å²) in [5, 5.41) is 12.6. The Balaban J connectivity index is 1.46. The highest BCUT2D eigenvalue weighted by molar-refractivity contribution is 6.36. The molecule has 0 saturated carbocycles. The van der Waals surface area contributed by atoms with Crippen molar-refractivity contribution in [2.45, 2.75) is 26.3 Å². The maximum atomic E-state index is 15.7. The number of anilines is 1. The van der Waals surface area contributed by atoms with Gasteiger partial charge in [-0.05, 0) is 61.2 Å². The normalized spacial score (nSPS) is 15.0. The van der Waals surface area contributed by atoms with Crippen LogP contribution in [0, 0.1) is 18.7 Å². The lowest BCUT2D eigenvalue weighted by atomic mass is 9.94. The molecule has 3 aromatic carbocycles. The molecule has 1 amide bonds. The van der Waals surface area contributed by atoms with E-state index in [1.165, 1.54) is 33.5 Å². The molecule has 1 saturated heterocycles. The molecule has 10 nitrogen and oxygen atoms in total. The number of piperidine rings is 1. The fourth-order valence-electron chi connectivity index (χ4n) is 5.91. The van der Waals surface area contributed by atoms with Gasteiger partial charge in [-0.25, -0.2) is 9.18 Å². The first-order valence-corrected chi connectivity index (χ1v) is 15.1. The van der Waals surface area contributed by atoms with Crippen molar-refractivity contribution in [2.75, 3.05) is 25.5 Å².